The van der Waals surface area contributed by atoms with Gasteiger partial charge in [0.15, 0.2) is 11.3 Å². The van der Waals surface area contributed by atoms with E-state index < -0.39 is 12.1 Å². The van der Waals surface area contributed by atoms with Crippen LogP contribution in [-0.4, -0.2) is 44.1 Å². The lowest BCUT2D eigenvalue weighted by atomic mass is 9.98. The van der Waals surface area contributed by atoms with Crippen molar-refractivity contribution in [1.29, 1.82) is 0 Å². The molecule has 110 valence electrons. The second-order valence-electron chi connectivity index (χ2n) is 5.16. The van der Waals surface area contributed by atoms with Gasteiger partial charge in [0, 0.05) is 6.20 Å². The number of carbonyl (C=O) groups is 1. The number of fused-ring (bicyclic) bond motifs is 1. The van der Waals surface area contributed by atoms with Gasteiger partial charge < -0.3 is 10.4 Å². The highest BCUT2D eigenvalue weighted by Gasteiger charge is 2.29. The summed E-state index contributed by atoms with van der Waals surface area (Å²) in [4.78, 5) is 32.6. The van der Waals surface area contributed by atoms with Crippen molar-refractivity contribution in [3.63, 3.8) is 0 Å². The molecule has 0 bridgehead atoms. The van der Waals surface area contributed by atoms with Gasteiger partial charge in [0.25, 0.3) is 5.56 Å². The third kappa shape index (κ3) is 2.70. The van der Waals surface area contributed by atoms with Crippen LogP contribution in [0.5, 0.6) is 0 Å². The zero-order valence-electron chi connectivity index (χ0n) is 11.4. The van der Waals surface area contributed by atoms with Gasteiger partial charge in [-0.15, -0.1) is 0 Å². The van der Waals surface area contributed by atoms with Crippen molar-refractivity contribution in [1.82, 2.24) is 19.9 Å². The lowest BCUT2D eigenvalue weighted by molar-refractivity contribution is -0.125. The Morgan fingerprint density at radius 2 is 2.33 bits per heavy atom. The zero-order chi connectivity index (χ0) is 14.8. The predicted molar refractivity (Wildman–Crippen MR) is 75.8 cm³/mol. The number of carbonyl (C=O) groups excluding carboxylic acids is 1. The van der Waals surface area contributed by atoms with Crippen LogP contribution in [0.25, 0.3) is 11.0 Å². The van der Waals surface area contributed by atoms with E-state index in [1.807, 2.05) is 0 Å². The van der Waals surface area contributed by atoms with Crippen LogP contribution >= 0.6 is 0 Å². The number of aliphatic hydroxyl groups is 1. The molecule has 0 aromatic carbocycles. The fourth-order valence-electron chi connectivity index (χ4n) is 2.56. The summed E-state index contributed by atoms with van der Waals surface area (Å²) in [5.41, 5.74) is 0.395. The van der Waals surface area contributed by atoms with E-state index in [2.05, 4.69) is 15.3 Å². The third-order valence-electron chi connectivity index (χ3n) is 3.68. The van der Waals surface area contributed by atoms with E-state index in [1.165, 1.54) is 17.1 Å². The van der Waals surface area contributed by atoms with Gasteiger partial charge in [-0.05, 0) is 31.5 Å². The van der Waals surface area contributed by atoms with E-state index >= 15 is 0 Å². The van der Waals surface area contributed by atoms with Gasteiger partial charge in [-0.2, -0.15) is 0 Å². The van der Waals surface area contributed by atoms with Crippen molar-refractivity contribution in [2.24, 2.45) is 0 Å². The topological polar surface area (TPSA) is 97.1 Å². The maximum absolute atomic E-state index is 12.3. The molecule has 2 N–H and O–H groups in total. The SMILES string of the molecule is O=C(Cn1cnc2cccnc2c1=O)[C@H]1NCCC[C@@H]1O. The van der Waals surface area contributed by atoms with Crippen LogP contribution in [-0.2, 0) is 11.3 Å². The van der Waals surface area contributed by atoms with Gasteiger partial charge in [-0.3, -0.25) is 14.2 Å². The Labute approximate surface area is 120 Å². The lowest BCUT2D eigenvalue weighted by Crippen LogP contribution is -2.51. The summed E-state index contributed by atoms with van der Waals surface area (Å²) in [7, 11) is 0. The van der Waals surface area contributed by atoms with Gasteiger partial charge in [0.1, 0.15) is 0 Å². The summed E-state index contributed by atoms with van der Waals surface area (Å²) in [5.74, 6) is -0.221. The molecule has 7 heteroatoms. The van der Waals surface area contributed by atoms with Crippen LogP contribution < -0.4 is 10.9 Å². The van der Waals surface area contributed by atoms with E-state index in [9.17, 15) is 14.7 Å². The minimum atomic E-state index is -0.700. The number of ketones is 1. The number of hydrogen-bond acceptors (Lipinski definition) is 6. The molecule has 0 amide bonds. The number of nitrogens with one attached hydrogen (secondary N) is 1. The number of pyridine rings is 1. The molecule has 1 saturated heterocycles. The number of aliphatic hydroxyl groups excluding tert-OH is 1. The van der Waals surface area contributed by atoms with E-state index in [0.717, 1.165) is 6.42 Å². The highest BCUT2D eigenvalue weighted by Crippen LogP contribution is 2.10. The predicted octanol–water partition coefficient (Wildman–Crippen LogP) is -0.527. The highest BCUT2D eigenvalue weighted by atomic mass is 16.3. The Balaban J connectivity index is 1.86. The number of rotatable bonds is 3. The molecule has 3 heterocycles. The molecule has 1 aliphatic heterocycles. The Kier molecular flexibility index (Phi) is 3.76. The molecule has 0 saturated carbocycles. The Hall–Kier alpha value is -2.12. The van der Waals surface area contributed by atoms with Crippen molar-refractivity contribution < 1.29 is 9.90 Å². The second kappa shape index (κ2) is 5.71. The van der Waals surface area contributed by atoms with Gasteiger partial charge in [-0.1, -0.05) is 0 Å². The van der Waals surface area contributed by atoms with E-state index in [4.69, 9.17) is 0 Å². The first-order chi connectivity index (χ1) is 10.2. The molecule has 0 aliphatic carbocycles. The van der Waals surface area contributed by atoms with E-state index in [1.54, 1.807) is 12.1 Å². The van der Waals surface area contributed by atoms with Crippen LogP contribution in [0.4, 0.5) is 0 Å². The Morgan fingerprint density at radius 1 is 1.48 bits per heavy atom. The molecule has 0 spiro atoms. The van der Waals surface area contributed by atoms with Crippen LogP contribution in [0.1, 0.15) is 12.8 Å². The minimum absolute atomic E-state index is 0.118. The summed E-state index contributed by atoms with van der Waals surface area (Å²) in [5, 5.41) is 12.9. The molecular weight excluding hydrogens is 272 g/mol. The molecule has 0 unspecified atom stereocenters. The van der Waals surface area contributed by atoms with Crippen molar-refractivity contribution in [3.05, 3.63) is 35.0 Å². The van der Waals surface area contributed by atoms with Crippen LogP contribution in [0.3, 0.4) is 0 Å². The average Bonchev–Trinajstić information content (AvgIpc) is 2.51. The van der Waals surface area contributed by atoms with Crippen molar-refractivity contribution in [2.45, 2.75) is 31.5 Å². The summed E-state index contributed by atoms with van der Waals surface area (Å²) in [6, 6.07) is 2.78. The lowest BCUT2D eigenvalue weighted by Gasteiger charge is -2.27. The summed E-state index contributed by atoms with van der Waals surface area (Å²) >= 11 is 0. The third-order valence-corrected chi connectivity index (χ3v) is 3.68. The standard InChI is InChI=1S/C14H16N4O3/c19-10-4-2-6-16-13(10)11(20)7-18-8-17-9-3-1-5-15-12(9)14(18)21/h1,3,5,8,10,13,16,19H,2,4,6-7H2/t10-,13-/m0/s1. The second-order valence-corrected chi connectivity index (χ2v) is 5.16. The van der Waals surface area contributed by atoms with Crippen molar-refractivity contribution in [2.75, 3.05) is 6.54 Å². The molecule has 2 aromatic rings. The first kappa shape index (κ1) is 13.8. The fraction of sp³-hybridized carbons (Fsp3) is 0.429. The molecule has 3 rings (SSSR count). The maximum atomic E-state index is 12.3. The molecule has 7 nitrogen and oxygen atoms in total. The fourth-order valence-corrected chi connectivity index (χ4v) is 2.56. The maximum Gasteiger partial charge on any atom is 0.280 e. The number of hydrogen-bond donors (Lipinski definition) is 2. The number of piperidine rings is 1. The Bertz CT molecular complexity index is 727. The molecule has 0 radical (unpaired) electrons. The zero-order valence-corrected chi connectivity index (χ0v) is 11.4. The first-order valence-corrected chi connectivity index (χ1v) is 6.91. The minimum Gasteiger partial charge on any atom is -0.391 e. The van der Waals surface area contributed by atoms with Crippen LogP contribution in [0.2, 0.25) is 0 Å². The van der Waals surface area contributed by atoms with Crippen LogP contribution in [0, 0.1) is 0 Å². The molecule has 1 aliphatic rings. The smallest absolute Gasteiger partial charge is 0.280 e. The molecule has 2 aromatic heterocycles. The van der Waals surface area contributed by atoms with Crippen molar-refractivity contribution >= 4 is 16.8 Å². The molecule has 2 atom stereocenters. The normalized spacial score (nSPS) is 22.3. The first-order valence-electron chi connectivity index (χ1n) is 6.91. The van der Waals surface area contributed by atoms with Crippen molar-refractivity contribution in [3.8, 4) is 0 Å². The van der Waals surface area contributed by atoms with E-state index in [-0.39, 0.29) is 23.4 Å². The van der Waals surface area contributed by atoms with Crippen LogP contribution in [0.15, 0.2) is 29.5 Å². The number of nitrogens with zero attached hydrogens (tertiary/aromatic N) is 3. The largest absolute Gasteiger partial charge is 0.391 e. The summed E-state index contributed by atoms with van der Waals surface area (Å²) in [6.45, 7) is 0.576. The highest BCUT2D eigenvalue weighted by molar-refractivity contribution is 5.85. The van der Waals surface area contributed by atoms with Gasteiger partial charge in [0.2, 0.25) is 0 Å². The molecular formula is C14H16N4O3. The molecule has 1 fully saturated rings. The van der Waals surface area contributed by atoms with Gasteiger partial charge in [0.05, 0.1) is 30.5 Å². The number of aromatic nitrogens is 3. The monoisotopic (exact) mass is 288 g/mol. The average molecular weight is 288 g/mol. The van der Waals surface area contributed by atoms with Gasteiger partial charge in [-0.25, -0.2) is 9.97 Å². The Morgan fingerprint density at radius 3 is 3.14 bits per heavy atom. The quantitative estimate of drug-likeness (QED) is 0.788. The number of Topliss-reactive ketones (excluding diaryl/α,β-unsaturated/α-hetero) is 1. The summed E-state index contributed by atoms with van der Waals surface area (Å²) in [6.07, 6.45) is 3.60. The van der Waals surface area contributed by atoms with Gasteiger partial charge >= 0.3 is 0 Å². The molecule has 21 heavy (non-hydrogen) atoms. The summed E-state index contributed by atoms with van der Waals surface area (Å²) < 4.78 is 1.24. The van der Waals surface area contributed by atoms with E-state index in [0.29, 0.717) is 18.5 Å².